The van der Waals surface area contributed by atoms with E-state index < -0.39 is 23.8 Å². The number of hydrogen-bond acceptors (Lipinski definition) is 3. The fourth-order valence-corrected chi connectivity index (χ4v) is 3.25. The number of hydrogen-bond donors (Lipinski definition) is 2. The number of fused-ring (bicyclic) bond motifs is 1. The average molecular weight is 392 g/mol. The lowest BCUT2D eigenvalue weighted by Gasteiger charge is -2.18. The Hall–Kier alpha value is -1.80. The zero-order valence-corrected chi connectivity index (χ0v) is 14.5. The number of halogens is 5. The topological polar surface area (TPSA) is 50.1 Å². The van der Waals surface area contributed by atoms with E-state index >= 15 is 0 Å². The highest BCUT2D eigenvalue weighted by atomic mass is 35.5. The van der Waals surface area contributed by atoms with E-state index in [9.17, 15) is 22.7 Å². The van der Waals surface area contributed by atoms with E-state index in [0.29, 0.717) is 30.6 Å². The largest absolute Gasteiger partial charge is 0.435 e. The number of aliphatic hydroxyl groups excluding tert-OH is 1. The first-order chi connectivity index (χ1) is 12.3. The monoisotopic (exact) mass is 391 g/mol. The van der Waals surface area contributed by atoms with Gasteiger partial charge in [-0.2, -0.15) is 18.3 Å². The van der Waals surface area contributed by atoms with Crippen LogP contribution < -0.4 is 5.32 Å². The van der Waals surface area contributed by atoms with Crippen molar-refractivity contribution >= 4 is 17.3 Å². The first kappa shape index (κ1) is 19.0. The van der Waals surface area contributed by atoms with Gasteiger partial charge in [-0.15, -0.1) is 11.6 Å². The highest BCUT2D eigenvalue weighted by Gasteiger charge is 2.39. The van der Waals surface area contributed by atoms with E-state index in [1.54, 1.807) is 0 Å². The number of rotatable bonds is 5. The van der Waals surface area contributed by atoms with Gasteiger partial charge in [-0.25, -0.2) is 9.07 Å². The molecule has 142 valence electrons. The summed E-state index contributed by atoms with van der Waals surface area (Å²) in [4.78, 5) is 0. The molecular weight excluding hydrogens is 374 g/mol. The van der Waals surface area contributed by atoms with Gasteiger partial charge in [0, 0.05) is 17.8 Å². The molecule has 0 spiro atoms. The maximum absolute atomic E-state index is 13.7. The maximum atomic E-state index is 13.7. The molecule has 4 nitrogen and oxygen atoms in total. The third-order valence-corrected chi connectivity index (χ3v) is 4.70. The van der Waals surface area contributed by atoms with E-state index in [4.69, 9.17) is 11.6 Å². The number of nitrogens with zero attached hydrogens (tertiary/aromatic N) is 2. The van der Waals surface area contributed by atoms with Crippen LogP contribution in [0.2, 0.25) is 0 Å². The molecule has 1 aromatic heterocycles. The number of aliphatic hydroxyl groups is 1. The van der Waals surface area contributed by atoms with Gasteiger partial charge in [0.05, 0.1) is 23.4 Å². The highest BCUT2D eigenvalue weighted by molar-refractivity contribution is 6.18. The van der Waals surface area contributed by atoms with E-state index in [0.717, 1.165) is 6.42 Å². The minimum absolute atomic E-state index is 0.0208. The van der Waals surface area contributed by atoms with Crippen LogP contribution in [0.25, 0.3) is 5.69 Å². The Morgan fingerprint density at radius 1 is 1.27 bits per heavy atom. The van der Waals surface area contributed by atoms with Crippen molar-refractivity contribution in [1.29, 1.82) is 0 Å². The molecule has 0 amide bonds. The molecule has 26 heavy (non-hydrogen) atoms. The van der Waals surface area contributed by atoms with Gasteiger partial charge < -0.3 is 10.4 Å². The van der Waals surface area contributed by atoms with Crippen LogP contribution in [0.15, 0.2) is 18.2 Å². The van der Waals surface area contributed by atoms with Crippen LogP contribution in [-0.4, -0.2) is 33.4 Å². The molecule has 1 aliphatic carbocycles. The van der Waals surface area contributed by atoms with Crippen molar-refractivity contribution < 1.29 is 22.7 Å². The lowest BCUT2D eigenvalue weighted by atomic mass is 9.95. The van der Waals surface area contributed by atoms with Crippen molar-refractivity contribution in [3.8, 4) is 5.69 Å². The summed E-state index contributed by atoms with van der Waals surface area (Å²) in [5.41, 5.74) is 0.375. The van der Waals surface area contributed by atoms with Gasteiger partial charge in [0.1, 0.15) is 5.82 Å². The molecule has 1 aliphatic rings. The molecule has 9 heteroatoms. The average Bonchev–Trinajstić information content (AvgIpc) is 2.99. The third kappa shape index (κ3) is 3.81. The molecule has 0 saturated heterocycles. The Kier molecular flexibility index (Phi) is 5.43. The summed E-state index contributed by atoms with van der Waals surface area (Å²) in [5, 5.41) is 16.2. The van der Waals surface area contributed by atoms with Crippen molar-refractivity contribution in [3.63, 3.8) is 0 Å². The predicted molar refractivity (Wildman–Crippen MR) is 90.4 cm³/mol. The summed E-state index contributed by atoms with van der Waals surface area (Å²) >= 11 is 5.55. The molecule has 1 aromatic carbocycles. The Labute approximate surface area is 152 Å². The number of benzene rings is 1. The number of alkyl halides is 4. The highest BCUT2D eigenvalue weighted by Crippen LogP contribution is 2.37. The Bertz CT molecular complexity index is 791. The molecule has 2 N–H and O–H groups in total. The minimum Gasteiger partial charge on any atom is -0.390 e. The van der Waals surface area contributed by atoms with Gasteiger partial charge in [-0.1, -0.05) is 0 Å². The van der Waals surface area contributed by atoms with Crippen LogP contribution in [0.1, 0.15) is 29.8 Å². The minimum atomic E-state index is -4.55. The molecule has 3 rings (SSSR count). The van der Waals surface area contributed by atoms with Gasteiger partial charge >= 0.3 is 6.18 Å². The molecule has 0 fully saturated rings. The molecular formula is C17H18ClF4N3O. The van der Waals surface area contributed by atoms with Gasteiger partial charge in [0.25, 0.3) is 0 Å². The van der Waals surface area contributed by atoms with Crippen LogP contribution in [0.4, 0.5) is 23.2 Å². The van der Waals surface area contributed by atoms with Crippen molar-refractivity contribution in [2.24, 2.45) is 0 Å². The normalized spacial score (nSPS) is 15.6. The van der Waals surface area contributed by atoms with Crippen molar-refractivity contribution in [2.45, 2.75) is 38.0 Å². The SMILES string of the molecule is OC(CCl)CNc1cc(F)ccc1-n1nc(C(F)(F)F)c2c1CCCC2. The second-order valence-corrected chi connectivity index (χ2v) is 6.55. The first-order valence-electron chi connectivity index (χ1n) is 8.27. The third-order valence-electron chi connectivity index (χ3n) is 4.34. The Morgan fingerprint density at radius 2 is 2.00 bits per heavy atom. The standard InChI is InChI=1S/C17H18ClF4N3O/c18-8-11(26)9-23-13-7-10(19)5-6-15(13)25-14-4-2-1-3-12(14)16(24-25)17(20,21)22/h5-7,11,23,26H,1-4,8-9H2. The molecule has 0 radical (unpaired) electrons. The van der Waals surface area contributed by atoms with Gasteiger partial charge in [-0.05, 0) is 43.9 Å². The fourth-order valence-electron chi connectivity index (χ4n) is 3.14. The number of nitrogens with one attached hydrogen (secondary N) is 1. The van der Waals surface area contributed by atoms with Crippen LogP contribution in [0, 0.1) is 5.82 Å². The smallest absolute Gasteiger partial charge is 0.390 e. The van der Waals surface area contributed by atoms with Gasteiger partial charge in [-0.3, -0.25) is 0 Å². The quantitative estimate of drug-likeness (QED) is 0.600. The van der Waals surface area contributed by atoms with E-state index in [1.165, 1.54) is 22.9 Å². The molecule has 0 aliphatic heterocycles. The number of aromatic nitrogens is 2. The number of anilines is 1. The van der Waals surface area contributed by atoms with Crippen LogP contribution in [0.5, 0.6) is 0 Å². The Morgan fingerprint density at radius 3 is 2.69 bits per heavy atom. The van der Waals surface area contributed by atoms with E-state index in [1.807, 2.05) is 0 Å². The second kappa shape index (κ2) is 7.44. The fraction of sp³-hybridized carbons (Fsp3) is 0.471. The molecule has 1 heterocycles. The molecule has 0 saturated carbocycles. The second-order valence-electron chi connectivity index (χ2n) is 6.24. The zero-order chi connectivity index (χ0) is 18.9. The maximum Gasteiger partial charge on any atom is 0.435 e. The van der Waals surface area contributed by atoms with Crippen LogP contribution in [0.3, 0.4) is 0 Å². The summed E-state index contributed by atoms with van der Waals surface area (Å²) in [7, 11) is 0. The summed E-state index contributed by atoms with van der Waals surface area (Å²) in [6, 6.07) is 3.72. The zero-order valence-electron chi connectivity index (χ0n) is 13.8. The van der Waals surface area contributed by atoms with E-state index in [2.05, 4.69) is 10.4 Å². The predicted octanol–water partition coefficient (Wildman–Crippen LogP) is 3.92. The van der Waals surface area contributed by atoms with E-state index in [-0.39, 0.29) is 23.7 Å². The summed E-state index contributed by atoms with van der Waals surface area (Å²) in [5.74, 6) is -0.568. The lowest BCUT2D eigenvalue weighted by molar-refractivity contribution is -0.142. The summed E-state index contributed by atoms with van der Waals surface area (Å²) < 4.78 is 55.0. The van der Waals surface area contributed by atoms with Crippen LogP contribution >= 0.6 is 11.6 Å². The summed E-state index contributed by atoms with van der Waals surface area (Å²) in [6.07, 6.45) is -3.18. The first-order valence-corrected chi connectivity index (χ1v) is 8.80. The van der Waals surface area contributed by atoms with Crippen LogP contribution in [-0.2, 0) is 19.0 Å². The summed E-state index contributed by atoms with van der Waals surface area (Å²) in [6.45, 7) is 0.0372. The van der Waals surface area contributed by atoms with Gasteiger partial charge in [0.2, 0.25) is 0 Å². The molecule has 1 atom stereocenters. The Balaban J connectivity index is 2.08. The van der Waals surface area contributed by atoms with Crippen molar-refractivity contribution in [2.75, 3.05) is 17.7 Å². The van der Waals surface area contributed by atoms with Gasteiger partial charge in [0.15, 0.2) is 5.69 Å². The lowest BCUT2D eigenvalue weighted by Crippen LogP contribution is -2.22. The molecule has 1 unspecified atom stereocenters. The molecule has 2 aromatic rings. The van der Waals surface area contributed by atoms with Crippen molar-refractivity contribution in [3.05, 3.63) is 41.0 Å². The van der Waals surface area contributed by atoms with Crippen molar-refractivity contribution in [1.82, 2.24) is 9.78 Å². The molecule has 0 bridgehead atoms.